The second-order valence-electron chi connectivity index (χ2n) is 2.05. The summed E-state index contributed by atoms with van der Waals surface area (Å²) in [4.78, 5) is 15.5. The maximum absolute atomic E-state index is 10.7. The van der Waals surface area contributed by atoms with Crippen molar-refractivity contribution in [2.24, 2.45) is 0 Å². The molecule has 0 aromatic heterocycles. The van der Waals surface area contributed by atoms with E-state index in [1.165, 1.54) is 0 Å². The molecule has 0 aliphatic carbocycles. The van der Waals surface area contributed by atoms with Crippen molar-refractivity contribution in [1.82, 2.24) is 5.06 Å². The molecule has 1 fully saturated rings. The molecule has 0 spiro atoms. The van der Waals surface area contributed by atoms with Gasteiger partial charge in [0.25, 0.3) is 5.91 Å². The molecule has 10 heavy (non-hydrogen) atoms. The smallest absolute Gasteiger partial charge is 0.269 e. The first-order valence-electron chi connectivity index (χ1n) is 2.99. The molecule has 1 aliphatic heterocycles. The molecule has 0 aromatic rings. The second-order valence-corrected chi connectivity index (χ2v) is 2.05. The molecular formula is C6H9NO3. The molecule has 1 amide bonds. The Bertz CT molecular complexity index is 157. The maximum atomic E-state index is 10.7. The molecule has 1 rings (SSSR count). The van der Waals surface area contributed by atoms with E-state index in [2.05, 4.69) is 6.58 Å². The molecule has 1 heterocycles. The maximum Gasteiger partial charge on any atom is 0.269 e. The van der Waals surface area contributed by atoms with E-state index in [1.54, 1.807) is 0 Å². The van der Waals surface area contributed by atoms with Gasteiger partial charge >= 0.3 is 0 Å². The van der Waals surface area contributed by atoms with Crippen molar-refractivity contribution < 1.29 is 14.7 Å². The molecule has 1 aliphatic rings. The van der Waals surface area contributed by atoms with Crippen LogP contribution in [-0.4, -0.2) is 35.3 Å². The molecule has 56 valence electrons. The van der Waals surface area contributed by atoms with Gasteiger partial charge in [-0.25, -0.2) is 5.06 Å². The van der Waals surface area contributed by atoms with Gasteiger partial charge in [0.15, 0.2) is 0 Å². The lowest BCUT2D eigenvalue weighted by Gasteiger charge is -2.09. The molecule has 0 saturated carbocycles. The number of carbonyl (C=O) groups excluding carboxylic acids is 1. The minimum Gasteiger partial charge on any atom is -0.389 e. The van der Waals surface area contributed by atoms with Crippen LogP contribution in [0.1, 0.15) is 0 Å². The summed E-state index contributed by atoms with van der Waals surface area (Å²) in [6.45, 7) is 3.71. The Morgan fingerprint density at radius 1 is 1.90 bits per heavy atom. The van der Waals surface area contributed by atoms with Crippen molar-refractivity contribution in [2.75, 3.05) is 13.2 Å². The van der Waals surface area contributed by atoms with Crippen molar-refractivity contribution in [3.05, 3.63) is 12.7 Å². The SMILES string of the molecule is C=CC(=O)N1CC(O)CO1. The van der Waals surface area contributed by atoms with Gasteiger partial charge in [0, 0.05) is 0 Å². The monoisotopic (exact) mass is 143 g/mol. The number of β-amino-alcohol motifs (C(OH)–C–C–N with tert-alkyl or cyclic N) is 1. The molecule has 0 radical (unpaired) electrons. The van der Waals surface area contributed by atoms with Gasteiger partial charge < -0.3 is 5.11 Å². The Morgan fingerprint density at radius 3 is 3.00 bits per heavy atom. The zero-order valence-electron chi connectivity index (χ0n) is 5.49. The Morgan fingerprint density at radius 2 is 2.60 bits per heavy atom. The first kappa shape index (κ1) is 7.24. The number of hydrogen-bond donors (Lipinski definition) is 1. The highest BCUT2D eigenvalue weighted by Gasteiger charge is 2.23. The molecule has 1 unspecified atom stereocenters. The number of aliphatic hydroxyl groups excluding tert-OH is 1. The minimum absolute atomic E-state index is 0.194. The molecular weight excluding hydrogens is 134 g/mol. The zero-order chi connectivity index (χ0) is 7.56. The Hall–Kier alpha value is -0.870. The summed E-state index contributed by atoms with van der Waals surface area (Å²) in [6, 6.07) is 0. The van der Waals surface area contributed by atoms with E-state index in [0.29, 0.717) is 0 Å². The standard InChI is InChI=1S/C6H9NO3/c1-2-6(9)7-3-5(8)4-10-7/h2,5,8H,1,3-4H2. The van der Waals surface area contributed by atoms with Crippen LogP contribution < -0.4 is 0 Å². The number of carbonyl (C=O) groups is 1. The first-order chi connectivity index (χ1) is 4.74. The van der Waals surface area contributed by atoms with E-state index in [1.807, 2.05) is 0 Å². The van der Waals surface area contributed by atoms with E-state index in [-0.39, 0.29) is 19.1 Å². The summed E-state index contributed by atoms with van der Waals surface area (Å²) in [5.41, 5.74) is 0. The molecule has 4 heteroatoms. The van der Waals surface area contributed by atoms with Gasteiger partial charge in [-0.2, -0.15) is 0 Å². The normalized spacial score (nSPS) is 24.9. The Balaban J connectivity index is 2.44. The van der Waals surface area contributed by atoms with E-state index < -0.39 is 6.10 Å². The fourth-order valence-corrected chi connectivity index (χ4v) is 0.728. The van der Waals surface area contributed by atoms with Crippen molar-refractivity contribution in [3.8, 4) is 0 Å². The number of amides is 1. The summed E-state index contributed by atoms with van der Waals surface area (Å²) in [5.74, 6) is -0.309. The Kier molecular flexibility index (Phi) is 2.03. The lowest BCUT2D eigenvalue weighted by Crippen LogP contribution is -2.26. The van der Waals surface area contributed by atoms with Crippen LogP contribution >= 0.6 is 0 Å². The lowest BCUT2D eigenvalue weighted by molar-refractivity contribution is -0.162. The van der Waals surface area contributed by atoms with Crippen LogP contribution in [0.25, 0.3) is 0 Å². The summed E-state index contributed by atoms with van der Waals surface area (Å²) in [5, 5.41) is 9.99. The highest BCUT2D eigenvalue weighted by atomic mass is 16.7. The topological polar surface area (TPSA) is 49.8 Å². The molecule has 4 nitrogen and oxygen atoms in total. The van der Waals surface area contributed by atoms with Crippen LogP contribution in [0.5, 0.6) is 0 Å². The quantitative estimate of drug-likeness (QED) is 0.494. The van der Waals surface area contributed by atoms with Gasteiger partial charge in [-0.1, -0.05) is 6.58 Å². The first-order valence-corrected chi connectivity index (χ1v) is 2.99. The Labute approximate surface area is 58.7 Å². The van der Waals surface area contributed by atoms with Gasteiger partial charge in [0.2, 0.25) is 0 Å². The van der Waals surface area contributed by atoms with Crippen LogP contribution in [-0.2, 0) is 9.63 Å². The predicted molar refractivity (Wildman–Crippen MR) is 33.9 cm³/mol. The van der Waals surface area contributed by atoms with Gasteiger partial charge in [0.1, 0.15) is 12.7 Å². The van der Waals surface area contributed by atoms with Gasteiger partial charge in [-0.05, 0) is 6.08 Å². The summed E-state index contributed by atoms with van der Waals surface area (Å²) < 4.78 is 0. The van der Waals surface area contributed by atoms with Crippen LogP contribution in [0.3, 0.4) is 0 Å². The third kappa shape index (κ3) is 1.34. The van der Waals surface area contributed by atoms with E-state index in [0.717, 1.165) is 11.1 Å². The number of hydrogen-bond acceptors (Lipinski definition) is 3. The number of hydroxylamine groups is 2. The second kappa shape index (κ2) is 2.81. The van der Waals surface area contributed by atoms with Crippen molar-refractivity contribution in [3.63, 3.8) is 0 Å². The highest BCUT2D eigenvalue weighted by molar-refractivity contribution is 5.86. The fraction of sp³-hybridized carbons (Fsp3) is 0.500. The van der Waals surface area contributed by atoms with Gasteiger partial charge in [0.05, 0.1) is 6.54 Å². The number of aliphatic hydroxyl groups is 1. The third-order valence-corrected chi connectivity index (χ3v) is 1.22. The molecule has 0 bridgehead atoms. The molecule has 1 N–H and O–H groups in total. The van der Waals surface area contributed by atoms with Gasteiger partial charge in [-0.3, -0.25) is 9.63 Å². The number of rotatable bonds is 1. The third-order valence-electron chi connectivity index (χ3n) is 1.22. The average molecular weight is 143 g/mol. The van der Waals surface area contributed by atoms with E-state index >= 15 is 0 Å². The van der Waals surface area contributed by atoms with Gasteiger partial charge in [-0.15, -0.1) is 0 Å². The summed E-state index contributed by atoms with van der Waals surface area (Å²) in [6.07, 6.45) is 0.599. The van der Waals surface area contributed by atoms with E-state index in [9.17, 15) is 4.79 Å². The van der Waals surface area contributed by atoms with Crippen molar-refractivity contribution >= 4 is 5.91 Å². The molecule has 1 saturated heterocycles. The summed E-state index contributed by atoms with van der Waals surface area (Å²) in [7, 11) is 0. The number of nitrogens with zero attached hydrogens (tertiary/aromatic N) is 1. The van der Waals surface area contributed by atoms with Crippen LogP contribution in [0.4, 0.5) is 0 Å². The molecule has 0 aromatic carbocycles. The van der Waals surface area contributed by atoms with Crippen LogP contribution in [0, 0.1) is 0 Å². The zero-order valence-corrected chi connectivity index (χ0v) is 5.49. The summed E-state index contributed by atoms with van der Waals surface area (Å²) >= 11 is 0. The highest BCUT2D eigenvalue weighted by Crippen LogP contribution is 2.05. The van der Waals surface area contributed by atoms with Crippen LogP contribution in [0.2, 0.25) is 0 Å². The largest absolute Gasteiger partial charge is 0.389 e. The minimum atomic E-state index is -0.552. The fourth-order valence-electron chi connectivity index (χ4n) is 0.728. The van der Waals surface area contributed by atoms with Crippen molar-refractivity contribution in [1.29, 1.82) is 0 Å². The lowest BCUT2D eigenvalue weighted by atomic mass is 10.4. The van der Waals surface area contributed by atoms with E-state index in [4.69, 9.17) is 9.94 Å². The average Bonchev–Trinajstić information content (AvgIpc) is 2.34. The van der Waals surface area contributed by atoms with Crippen molar-refractivity contribution in [2.45, 2.75) is 6.10 Å². The molecule has 1 atom stereocenters. The van der Waals surface area contributed by atoms with Crippen LogP contribution in [0.15, 0.2) is 12.7 Å². The predicted octanol–water partition coefficient (Wildman–Crippen LogP) is -0.693.